The van der Waals surface area contributed by atoms with E-state index in [1.54, 1.807) is 0 Å². The molecule has 0 radical (unpaired) electrons. The molecule has 1 N–H and O–H groups in total. The molecule has 338 valence electrons. The summed E-state index contributed by atoms with van der Waals surface area (Å²) in [5.74, 6) is -0.322. The van der Waals surface area contributed by atoms with E-state index in [1.165, 1.54) is 109 Å². The number of esters is 1. The summed E-state index contributed by atoms with van der Waals surface area (Å²) in [6, 6.07) is 0. The summed E-state index contributed by atoms with van der Waals surface area (Å²) in [6.07, 6.45) is 52.5. The summed E-state index contributed by atoms with van der Waals surface area (Å²) in [5, 5.41) is 0. The molecule has 2 atom stereocenters. The number of rotatable bonds is 43. The average Bonchev–Trinajstić information content (AvgIpc) is 3.18. The molecule has 0 heterocycles. The summed E-state index contributed by atoms with van der Waals surface area (Å²) in [6.45, 7) is 5.47. The van der Waals surface area contributed by atoms with Gasteiger partial charge in [-0.3, -0.25) is 13.8 Å². The zero-order valence-electron chi connectivity index (χ0n) is 38.3. The Hall–Kier alpha value is -1.80. The second-order valence-corrected chi connectivity index (χ2v) is 18.2. The van der Waals surface area contributed by atoms with E-state index in [9.17, 15) is 14.3 Å². The minimum Gasteiger partial charge on any atom is -0.457 e. The molecule has 0 saturated heterocycles. The van der Waals surface area contributed by atoms with E-state index in [-0.39, 0.29) is 25.8 Å². The Morgan fingerprint density at radius 1 is 0.552 bits per heavy atom. The van der Waals surface area contributed by atoms with Crippen molar-refractivity contribution in [3.05, 3.63) is 60.8 Å². The molecule has 8 nitrogen and oxygen atoms in total. The first-order chi connectivity index (χ1) is 28.1. The van der Waals surface area contributed by atoms with Crippen LogP contribution >= 0.6 is 7.82 Å². The summed E-state index contributed by atoms with van der Waals surface area (Å²) in [5.41, 5.74) is 0. The van der Waals surface area contributed by atoms with Crippen molar-refractivity contribution < 1.29 is 37.3 Å². The standard InChI is InChI=1S/C49H90NO7P/c1-6-8-10-12-14-16-18-20-21-22-23-24-25-26-27-28-29-30-32-34-36-38-40-42-49(51)57-48(47-56-58(52,53)55-45-43-50(3,4)5)46-54-44-41-39-37-35-33-31-19-17-15-13-11-9-7-2/h8,10,14-17,20-21,23-24,48H,6-7,9,11-13,18-19,22,25-47H2,1-5H3/p+1/b10-8-,16-14-,17-15-,21-20-,24-23-. The van der Waals surface area contributed by atoms with Gasteiger partial charge in [-0.05, 0) is 77.0 Å². The van der Waals surface area contributed by atoms with Crippen molar-refractivity contribution in [3.8, 4) is 0 Å². The number of hydrogen-bond acceptors (Lipinski definition) is 6. The zero-order chi connectivity index (χ0) is 42.7. The number of allylic oxidation sites excluding steroid dienone is 10. The van der Waals surface area contributed by atoms with E-state index < -0.39 is 13.9 Å². The molecular weight excluding hydrogens is 746 g/mol. The molecule has 0 rings (SSSR count). The van der Waals surface area contributed by atoms with Crippen molar-refractivity contribution in [2.24, 2.45) is 0 Å². The topological polar surface area (TPSA) is 91.3 Å². The van der Waals surface area contributed by atoms with Crippen LogP contribution in [0.25, 0.3) is 0 Å². The first-order valence-corrected chi connectivity index (χ1v) is 25.0. The SMILES string of the molecule is CC/C=C\C/C=C\C/C=C\C/C=C\CCCCCCCCCCCCC(=O)OC(COCCCCCCCC/C=C\CCCCC)COP(=O)(O)OCC[N+](C)(C)C. The van der Waals surface area contributed by atoms with Gasteiger partial charge in [-0.1, -0.05) is 164 Å². The molecule has 0 aromatic rings. The molecule has 0 aliphatic heterocycles. The Morgan fingerprint density at radius 3 is 1.52 bits per heavy atom. The van der Waals surface area contributed by atoms with Crippen molar-refractivity contribution >= 4 is 13.8 Å². The molecule has 58 heavy (non-hydrogen) atoms. The minimum absolute atomic E-state index is 0.0846. The average molecular weight is 837 g/mol. The van der Waals surface area contributed by atoms with Crippen LogP contribution in [0.4, 0.5) is 0 Å². The molecule has 9 heteroatoms. The first-order valence-electron chi connectivity index (χ1n) is 23.5. The van der Waals surface area contributed by atoms with Gasteiger partial charge < -0.3 is 18.9 Å². The van der Waals surface area contributed by atoms with Crippen LogP contribution in [0.1, 0.15) is 187 Å². The zero-order valence-corrected chi connectivity index (χ0v) is 39.2. The van der Waals surface area contributed by atoms with E-state index in [2.05, 4.69) is 74.6 Å². The van der Waals surface area contributed by atoms with Crippen LogP contribution in [-0.2, 0) is 27.9 Å². The highest BCUT2D eigenvalue weighted by Crippen LogP contribution is 2.43. The minimum atomic E-state index is -4.28. The van der Waals surface area contributed by atoms with Gasteiger partial charge in [-0.2, -0.15) is 0 Å². The number of likely N-dealkylation sites (N-methyl/N-ethyl adjacent to an activating group) is 1. The molecule has 0 fully saturated rings. The van der Waals surface area contributed by atoms with Gasteiger partial charge in [-0.25, -0.2) is 4.57 Å². The lowest BCUT2D eigenvalue weighted by molar-refractivity contribution is -0.870. The maximum Gasteiger partial charge on any atom is 0.472 e. The third kappa shape index (κ3) is 45.3. The van der Waals surface area contributed by atoms with Crippen molar-refractivity contribution in [1.29, 1.82) is 0 Å². The summed E-state index contributed by atoms with van der Waals surface area (Å²) >= 11 is 0. The predicted molar refractivity (Wildman–Crippen MR) is 247 cm³/mol. The molecule has 0 aromatic heterocycles. The highest BCUT2D eigenvalue weighted by Gasteiger charge is 2.26. The van der Waals surface area contributed by atoms with Gasteiger partial charge in [0.05, 0.1) is 34.4 Å². The summed E-state index contributed by atoms with van der Waals surface area (Å²) < 4.78 is 35.0. The van der Waals surface area contributed by atoms with Crippen molar-refractivity contribution in [2.45, 2.75) is 193 Å². The van der Waals surface area contributed by atoms with Crippen LogP contribution in [0, 0.1) is 0 Å². The van der Waals surface area contributed by atoms with Crippen LogP contribution in [0.3, 0.4) is 0 Å². The van der Waals surface area contributed by atoms with Gasteiger partial charge in [0.2, 0.25) is 0 Å². The number of unbranched alkanes of at least 4 members (excludes halogenated alkanes) is 19. The van der Waals surface area contributed by atoms with E-state index >= 15 is 0 Å². The predicted octanol–water partition coefficient (Wildman–Crippen LogP) is 14.1. The number of carbonyl (C=O) groups excluding carboxylic acids is 1. The van der Waals surface area contributed by atoms with Crippen molar-refractivity contribution in [2.75, 3.05) is 54.1 Å². The van der Waals surface area contributed by atoms with E-state index in [0.29, 0.717) is 24.1 Å². The lowest BCUT2D eigenvalue weighted by atomic mass is 10.0. The molecule has 0 spiro atoms. The fourth-order valence-corrected chi connectivity index (χ4v) is 6.93. The highest BCUT2D eigenvalue weighted by atomic mass is 31.2. The van der Waals surface area contributed by atoms with Crippen LogP contribution in [0.5, 0.6) is 0 Å². The Labute approximate surface area is 358 Å². The molecule has 0 aromatic carbocycles. The van der Waals surface area contributed by atoms with Gasteiger partial charge >= 0.3 is 13.8 Å². The first kappa shape index (κ1) is 56.2. The molecular formula is C49H91NO7P+. The van der Waals surface area contributed by atoms with E-state index in [0.717, 1.165) is 57.8 Å². The molecule has 0 amide bonds. The van der Waals surface area contributed by atoms with Gasteiger partial charge in [0.15, 0.2) is 0 Å². The van der Waals surface area contributed by atoms with Crippen LogP contribution in [0.15, 0.2) is 60.8 Å². The third-order valence-corrected chi connectivity index (χ3v) is 10.8. The van der Waals surface area contributed by atoms with E-state index in [4.69, 9.17) is 18.5 Å². The number of phosphoric ester groups is 1. The number of quaternary nitrogens is 1. The largest absolute Gasteiger partial charge is 0.472 e. The quantitative estimate of drug-likeness (QED) is 0.0215. The van der Waals surface area contributed by atoms with E-state index in [1.807, 2.05) is 21.1 Å². The molecule has 0 saturated carbocycles. The van der Waals surface area contributed by atoms with Gasteiger partial charge in [0, 0.05) is 13.0 Å². The van der Waals surface area contributed by atoms with Crippen LogP contribution < -0.4 is 0 Å². The van der Waals surface area contributed by atoms with Gasteiger partial charge in [0.1, 0.15) is 19.3 Å². The third-order valence-electron chi connectivity index (χ3n) is 9.81. The maximum absolute atomic E-state index is 12.7. The fourth-order valence-electron chi connectivity index (χ4n) is 6.19. The lowest BCUT2D eigenvalue weighted by Gasteiger charge is -2.24. The number of phosphoric acid groups is 1. The number of ether oxygens (including phenoxy) is 2. The fraction of sp³-hybridized carbons (Fsp3) is 0.776. The Kier molecular flexibility index (Phi) is 40.6. The Bertz CT molecular complexity index is 1110. The number of carbonyl (C=O) groups is 1. The number of nitrogens with zero attached hydrogens (tertiary/aromatic N) is 1. The molecule has 0 bridgehead atoms. The second-order valence-electron chi connectivity index (χ2n) is 16.8. The molecule has 0 aliphatic rings. The molecule has 0 aliphatic carbocycles. The summed E-state index contributed by atoms with van der Waals surface area (Å²) in [4.78, 5) is 22.9. The lowest BCUT2D eigenvalue weighted by Crippen LogP contribution is -2.37. The Balaban J connectivity index is 4.16. The monoisotopic (exact) mass is 837 g/mol. The maximum atomic E-state index is 12.7. The second kappa shape index (κ2) is 41.9. The normalized spacial score (nSPS) is 14.2. The Morgan fingerprint density at radius 2 is 1.00 bits per heavy atom. The van der Waals surface area contributed by atoms with Gasteiger partial charge in [0.25, 0.3) is 0 Å². The highest BCUT2D eigenvalue weighted by molar-refractivity contribution is 7.47. The molecule has 2 unspecified atom stereocenters. The van der Waals surface area contributed by atoms with Crippen molar-refractivity contribution in [3.63, 3.8) is 0 Å². The summed E-state index contributed by atoms with van der Waals surface area (Å²) in [7, 11) is 1.65. The smallest absolute Gasteiger partial charge is 0.457 e. The van der Waals surface area contributed by atoms with Gasteiger partial charge in [-0.15, -0.1) is 0 Å². The van der Waals surface area contributed by atoms with Crippen LogP contribution in [-0.4, -0.2) is 75.6 Å². The number of hydrogen-bond donors (Lipinski definition) is 1. The van der Waals surface area contributed by atoms with Crippen molar-refractivity contribution in [1.82, 2.24) is 0 Å². The van der Waals surface area contributed by atoms with Crippen LogP contribution in [0.2, 0.25) is 0 Å².